The van der Waals surface area contributed by atoms with E-state index in [4.69, 9.17) is 15.7 Å². The lowest BCUT2D eigenvalue weighted by atomic mass is 10.0. The minimum Gasteiger partial charge on any atom is -0.495 e. The zero-order valence-corrected chi connectivity index (χ0v) is 12.0. The van der Waals surface area contributed by atoms with Gasteiger partial charge in [-0.15, -0.1) is 0 Å². The summed E-state index contributed by atoms with van der Waals surface area (Å²) in [6.45, 7) is 2.73. The second-order valence-electron chi connectivity index (χ2n) is 4.80. The van der Waals surface area contributed by atoms with Gasteiger partial charge in [-0.2, -0.15) is 5.26 Å². The summed E-state index contributed by atoms with van der Waals surface area (Å²) in [5, 5.41) is 11.6. The molecule has 1 aromatic carbocycles. The first-order valence-corrected chi connectivity index (χ1v) is 6.68. The van der Waals surface area contributed by atoms with Crippen LogP contribution in [0, 0.1) is 17.2 Å². The number of anilines is 1. The molecule has 0 aliphatic heterocycles. The van der Waals surface area contributed by atoms with Crippen molar-refractivity contribution in [2.75, 3.05) is 19.0 Å². The lowest BCUT2D eigenvalue weighted by Crippen LogP contribution is -2.14. The molecule has 0 aromatic heterocycles. The van der Waals surface area contributed by atoms with Crippen molar-refractivity contribution in [3.8, 4) is 11.8 Å². The fourth-order valence-electron chi connectivity index (χ4n) is 1.88. The smallest absolute Gasteiger partial charge is 0.224 e. The number of carbonyl (C=O) groups excluding carboxylic acids is 1. The van der Waals surface area contributed by atoms with Crippen molar-refractivity contribution in [3.63, 3.8) is 0 Å². The molecule has 0 aliphatic rings. The predicted octanol–water partition coefficient (Wildman–Crippen LogP) is 2.27. The van der Waals surface area contributed by atoms with Crippen molar-refractivity contribution < 1.29 is 9.53 Å². The van der Waals surface area contributed by atoms with Gasteiger partial charge in [0.25, 0.3) is 0 Å². The van der Waals surface area contributed by atoms with E-state index < -0.39 is 0 Å². The molecule has 108 valence electrons. The van der Waals surface area contributed by atoms with Gasteiger partial charge in [0, 0.05) is 12.5 Å². The van der Waals surface area contributed by atoms with Crippen LogP contribution in [0.25, 0.3) is 0 Å². The molecule has 5 nitrogen and oxygen atoms in total. The zero-order chi connectivity index (χ0) is 15.0. The molecule has 0 aliphatic carbocycles. The number of methoxy groups -OCH3 is 1. The fourth-order valence-corrected chi connectivity index (χ4v) is 1.88. The summed E-state index contributed by atoms with van der Waals surface area (Å²) in [5.41, 5.74) is 6.56. The van der Waals surface area contributed by atoms with Crippen LogP contribution in [0.3, 0.4) is 0 Å². The standard InChI is InChI=1S/C15H21N3O2/c1-11(7-8-16)3-6-15(19)18-13-5-4-12(10-17)9-14(13)20-2/h4-5,9,11H,3,6-8,16H2,1-2H3,(H,18,19). The molecular formula is C15H21N3O2. The first-order chi connectivity index (χ1) is 9.60. The molecule has 3 N–H and O–H groups in total. The molecule has 0 radical (unpaired) electrons. The number of rotatable bonds is 7. The third-order valence-corrected chi connectivity index (χ3v) is 3.13. The van der Waals surface area contributed by atoms with E-state index >= 15 is 0 Å². The molecule has 5 heteroatoms. The lowest BCUT2D eigenvalue weighted by Gasteiger charge is -2.12. The van der Waals surface area contributed by atoms with E-state index in [1.54, 1.807) is 18.2 Å². The summed E-state index contributed by atoms with van der Waals surface area (Å²) in [6, 6.07) is 6.96. The van der Waals surface area contributed by atoms with Gasteiger partial charge in [-0.3, -0.25) is 4.79 Å². The number of ether oxygens (including phenoxy) is 1. The molecule has 0 fully saturated rings. The lowest BCUT2D eigenvalue weighted by molar-refractivity contribution is -0.116. The van der Waals surface area contributed by atoms with Crippen molar-refractivity contribution in [2.45, 2.75) is 26.2 Å². The summed E-state index contributed by atoms with van der Waals surface area (Å²) >= 11 is 0. The second-order valence-corrected chi connectivity index (χ2v) is 4.80. The monoisotopic (exact) mass is 275 g/mol. The Hall–Kier alpha value is -2.06. The maximum absolute atomic E-state index is 11.9. The molecule has 1 aromatic rings. The summed E-state index contributed by atoms with van der Waals surface area (Å²) in [6.07, 6.45) is 2.18. The molecule has 0 saturated carbocycles. The molecule has 20 heavy (non-hydrogen) atoms. The van der Waals surface area contributed by atoms with Crippen LogP contribution < -0.4 is 15.8 Å². The normalized spacial score (nSPS) is 11.5. The molecule has 1 amide bonds. The summed E-state index contributed by atoms with van der Waals surface area (Å²) in [4.78, 5) is 11.9. The van der Waals surface area contributed by atoms with Crippen LogP contribution in [0.15, 0.2) is 18.2 Å². The second kappa shape index (κ2) is 8.18. The van der Waals surface area contributed by atoms with E-state index in [9.17, 15) is 4.79 Å². The van der Waals surface area contributed by atoms with E-state index in [2.05, 4.69) is 12.2 Å². The minimum absolute atomic E-state index is 0.0584. The third kappa shape index (κ3) is 4.90. The van der Waals surface area contributed by atoms with Crippen LogP contribution in [0.5, 0.6) is 5.75 Å². The number of amides is 1. The predicted molar refractivity (Wildman–Crippen MR) is 78.4 cm³/mol. The van der Waals surface area contributed by atoms with Gasteiger partial charge < -0.3 is 15.8 Å². The number of carbonyl (C=O) groups is 1. The van der Waals surface area contributed by atoms with E-state index in [1.165, 1.54) is 7.11 Å². The SMILES string of the molecule is COc1cc(C#N)ccc1NC(=O)CCC(C)CCN. The van der Waals surface area contributed by atoms with Crippen molar-refractivity contribution in [3.05, 3.63) is 23.8 Å². The molecule has 1 unspecified atom stereocenters. The quantitative estimate of drug-likeness (QED) is 0.799. The molecule has 1 rings (SSSR count). The van der Waals surface area contributed by atoms with E-state index in [0.29, 0.717) is 35.9 Å². The fraction of sp³-hybridized carbons (Fsp3) is 0.467. The first-order valence-electron chi connectivity index (χ1n) is 6.68. The number of nitrogens with zero attached hydrogens (tertiary/aromatic N) is 1. The largest absolute Gasteiger partial charge is 0.495 e. The van der Waals surface area contributed by atoms with E-state index in [0.717, 1.165) is 12.8 Å². The Kier molecular flexibility index (Phi) is 6.54. The van der Waals surface area contributed by atoms with Crippen LogP contribution in [0.4, 0.5) is 5.69 Å². The Morgan fingerprint density at radius 2 is 2.25 bits per heavy atom. The molecule has 0 bridgehead atoms. The maximum atomic E-state index is 11.9. The zero-order valence-electron chi connectivity index (χ0n) is 12.0. The molecule has 1 atom stereocenters. The van der Waals surface area contributed by atoms with Gasteiger partial charge in [0.2, 0.25) is 5.91 Å². The number of hydrogen-bond acceptors (Lipinski definition) is 4. The van der Waals surface area contributed by atoms with Gasteiger partial charge >= 0.3 is 0 Å². The van der Waals surface area contributed by atoms with E-state index in [-0.39, 0.29) is 5.91 Å². The van der Waals surface area contributed by atoms with Gasteiger partial charge in [-0.05, 0) is 37.4 Å². The molecule has 0 saturated heterocycles. The molecule has 0 spiro atoms. The number of nitrogens with two attached hydrogens (primary N) is 1. The Bertz CT molecular complexity index is 494. The topological polar surface area (TPSA) is 88.1 Å². The molecule has 0 heterocycles. The van der Waals surface area contributed by atoms with Crippen LogP contribution in [0.2, 0.25) is 0 Å². The highest BCUT2D eigenvalue weighted by molar-refractivity contribution is 5.92. The Morgan fingerprint density at radius 3 is 2.85 bits per heavy atom. The summed E-state index contributed by atoms with van der Waals surface area (Å²) in [7, 11) is 1.51. The number of nitrogens with one attached hydrogen (secondary N) is 1. The molecular weight excluding hydrogens is 254 g/mol. The van der Waals surface area contributed by atoms with Crippen molar-refractivity contribution >= 4 is 11.6 Å². The minimum atomic E-state index is -0.0584. The average Bonchev–Trinajstić information content (AvgIpc) is 2.46. The highest BCUT2D eigenvalue weighted by atomic mass is 16.5. The first kappa shape index (κ1) is 16.0. The number of hydrogen-bond donors (Lipinski definition) is 2. The van der Waals surface area contributed by atoms with Gasteiger partial charge in [-0.1, -0.05) is 6.92 Å². The maximum Gasteiger partial charge on any atom is 0.224 e. The van der Waals surface area contributed by atoms with Crippen LogP contribution >= 0.6 is 0 Å². The third-order valence-electron chi connectivity index (χ3n) is 3.13. The average molecular weight is 275 g/mol. The van der Waals surface area contributed by atoms with Crippen LogP contribution in [-0.2, 0) is 4.79 Å². The van der Waals surface area contributed by atoms with Crippen molar-refractivity contribution in [2.24, 2.45) is 11.7 Å². The summed E-state index contributed by atoms with van der Waals surface area (Å²) in [5.74, 6) is 0.873. The van der Waals surface area contributed by atoms with Crippen LogP contribution in [0.1, 0.15) is 31.7 Å². The Labute approximate surface area is 119 Å². The van der Waals surface area contributed by atoms with Crippen molar-refractivity contribution in [1.29, 1.82) is 5.26 Å². The van der Waals surface area contributed by atoms with Gasteiger partial charge in [0.1, 0.15) is 5.75 Å². The highest BCUT2D eigenvalue weighted by Crippen LogP contribution is 2.25. The van der Waals surface area contributed by atoms with Gasteiger partial charge in [0.05, 0.1) is 24.4 Å². The highest BCUT2D eigenvalue weighted by Gasteiger charge is 2.10. The van der Waals surface area contributed by atoms with Crippen LogP contribution in [-0.4, -0.2) is 19.6 Å². The van der Waals surface area contributed by atoms with Gasteiger partial charge in [-0.25, -0.2) is 0 Å². The van der Waals surface area contributed by atoms with Crippen molar-refractivity contribution in [1.82, 2.24) is 0 Å². The van der Waals surface area contributed by atoms with E-state index in [1.807, 2.05) is 6.07 Å². The number of nitriles is 1. The number of benzene rings is 1. The van der Waals surface area contributed by atoms with Gasteiger partial charge in [0.15, 0.2) is 0 Å². The summed E-state index contributed by atoms with van der Waals surface area (Å²) < 4.78 is 5.17. The Balaban J connectivity index is 2.60. The Morgan fingerprint density at radius 1 is 1.50 bits per heavy atom.